The van der Waals surface area contributed by atoms with E-state index in [1.807, 2.05) is 25.1 Å². The summed E-state index contributed by atoms with van der Waals surface area (Å²) in [5.41, 5.74) is 3.29. The number of halogens is 1. The molecule has 2 aromatic heterocycles. The number of likely N-dealkylation sites (tertiary alicyclic amines) is 1. The van der Waals surface area contributed by atoms with Crippen LogP contribution in [0.25, 0.3) is 16.0 Å². The number of hydrogen-bond acceptors (Lipinski definition) is 6. The van der Waals surface area contributed by atoms with Crippen LogP contribution in [-0.2, 0) is 16.0 Å². The highest BCUT2D eigenvalue weighted by molar-refractivity contribution is 7.15. The van der Waals surface area contributed by atoms with Crippen molar-refractivity contribution in [2.75, 3.05) is 20.2 Å². The van der Waals surface area contributed by atoms with Crippen molar-refractivity contribution in [3.8, 4) is 10.4 Å². The Hall–Kier alpha value is -3.43. The zero-order valence-electron chi connectivity index (χ0n) is 20.9. The van der Waals surface area contributed by atoms with E-state index in [9.17, 15) is 14.0 Å². The molecule has 2 aliphatic rings. The number of nitrogens with one attached hydrogen (secondary N) is 1. The quantitative estimate of drug-likeness (QED) is 0.520. The van der Waals surface area contributed by atoms with Gasteiger partial charge in [0.1, 0.15) is 11.5 Å². The number of carbonyl (C=O) groups excluding carboxylic acids is 2. The second-order valence-corrected chi connectivity index (χ2v) is 10.5. The third-order valence-corrected chi connectivity index (χ3v) is 7.95. The molecule has 9 heteroatoms. The number of ether oxygens (including phenoxy) is 1. The minimum atomic E-state index is -0.368. The Bertz CT molecular complexity index is 1350. The van der Waals surface area contributed by atoms with Crippen molar-refractivity contribution in [2.24, 2.45) is 0 Å². The van der Waals surface area contributed by atoms with Crippen LogP contribution in [-0.4, -0.2) is 59.0 Å². The number of benzene rings is 1. The fraction of sp³-hybridized carbons (Fsp3) is 0.357. The molecule has 5 rings (SSSR count). The molecule has 2 amide bonds. The first-order valence-corrected chi connectivity index (χ1v) is 13.3. The minimum absolute atomic E-state index is 0.106. The third kappa shape index (κ3) is 5.33. The highest BCUT2D eigenvalue weighted by Crippen LogP contribution is 2.33. The van der Waals surface area contributed by atoms with Crippen LogP contribution in [0.2, 0.25) is 0 Å². The fourth-order valence-corrected chi connectivity index (χ4v) is 5.94. The van der Waals surface area contributed by atoms with Crippen molar-refractivity contribution in [3.05, 3.63) is 76.4 Å². The number of pyridine rings is 1. The summed E-state index contributed by atoms with van der Waals surface area (Å²) in [6.45, 7) is 2.53. The number of amides is 2. The summed E-state index contributed by atoms with van der Waals surface area (Å²) in [5.74, 6) is -0.799. The first-order valence-electron chi connectivity index (χ1n) is 12.4. The third-order valence-electron chi connectivity index (χ3n) is 6.93. The van der Waals surface area contributed by atoms with Crippen molar-refractivity contribution in [1.82, 2.24) is 20.2 Å². The summed E-state index contributed by atoms with van der Waals surface area (Å²) in [4.78, 5) is 38.4. The molecule has 1 aliphatic carbocycles. The van der Waals surface area contributed by atoms with Gasteiger partial charge in [0.25, 0.3) is 11.8 Å². The number of hydrogen-bond donors (Lipinski definition) is 1. The number of piperidine rings is 1. The van der Waals surface area contributed by atoms with Gasteiger partial charge in [0.2, 0.25) is 0 Å². The first kappa shape index (κ1) is 25.2. The normalized spacial score (nSPS) is 19.2. The second kappa shape index (κ2) is 10.9. The summed E-state index contributed by atoms with van der Waals surface area (Å²) in [6, 6.07) is 9.86. The van der Waals surface area contributed by atoms with Gasteiger partial charge in [-0.2, -0.15) is 0 Å². The van der Waals surface area contributed by atoms with Gasteiger partial charge in [-0.25, -0.2) is 9.37 Å². The van der Waals surface area contributed by atoms with Crippen LogP contribution in [0.1, 0.15) is 46.0 Å². The van der Waals surface area contributed by atoms with Crippen LogP contribution in [0.4, 0.5) is 4.39 Å². The zero-order chi connectivity index (χ0) is 25.9. The monoisotopic (exact) mass is 520 g/mol. The molecule has 0 bridgehead atoms. The number of nitrogens with zero attached hydrogens (tertiary/aromatic N) is 3. The Balaban J connectivity index is 1.37. The highest BCUT2D eigenvalue weighted by atomic mass is 32.1. The molecule has 1 fully saturated rings. The number of carbonyl (C=O) groups is 2. The van der Waals surface area contributed by atoms with E-state index in [4.69, 9.17) is 4.74 Å². The van der Waals surface area contributed by atoms with Crippen molar-refractivity contribution in [3.63, 3.8) is 0 Å². The maximum Gasteiger partial charge on any atom is 0.274 e. The summed E-state index contributed by atoms with van der Waals surface area (Å²) >= 11 is 1.37. The van der Waals surface area contributed by atoms with Gasteiger partial charge in [0, 0.05) is 32.4 Å². The Kier molecular flexibility index (Phi) is 7.43. The second-order valence-electron chi connectivity index (χ2n) is 9.34. The maximum absolute atomic E-state index is 14.0. The van der Waals surface area contributed by atoms with Gasteiger partial charge >= 0.3 is 0 Å². The van der Waals surface area contributed by atoms with Crippen molar-refractivity contribution in [1.29, 1.82) is 0 Å². The largest absolute Gasteiger partial charge is 0.380 e. The number of aryl methyl sites for hydroxylation is 2. The Morgan fingerprint density at radius 1 is 1.24 bits per heavy atom. The van der Waals surface area contributed by atoms with E-state index in [1.165, 1.54) is 23.5 Å². The smallest absolute Gasteiger partial charge is 0.274 e. The molecular weight excluding hydrogens is 491 g/mol. The van der Waals surface area contributed by atoms with Crippen molar-refractivity contribution in [2.45, 2.75) is 44.8 Å². The lowest BCUT2D eigenvalue weighted by Gasteiger charge is -2.39. The summed E-state index contributed by atoms with van der Waals surface area (Å²) in [6.07, 6.45) is 6.63. The molecule has 3 aromatic rings. The summed E-state index contributed by atoms with van der Waals surface area (Å²) in [7, 11) is 1.64. The molecule has 2 unspecified atom stereocenters. The lowest BCUT2D eigenvalue weighted by atomic mass is 9.94. The number of methoxy groups -OCH3 is 1. The molecule has 0 spiro atoms. The van der Waals surface area contributed by atoms with Gasteiger partial charge in [0.15, 0.2) is 0 Å². The van der Waals surface area contributed by atoms with E-state index >= 15 is 0 Å². The topological polar surface area (TPSA) is 84.4 Å². The molecular formula is C28H29FN4O3S. The van der Waals surface area contributed by atoms with E-state index in [0.29, 0.717) is 41.2 Å². The van der Waals surface area contributed by atoms with Crippen LogP contribution in [0, 0.1) is 12.7 Å². The number of fused-ring (bicyclic) bond motifs is 1. The number of aromatic nitrogens is 2. The predicted molar refractivity (Wildman–Crippen MR) is 141 cm³/mol. The fourth-order valence-electron chi connectivity index (χ4n) is 5.04. The molecule has 1 aliphatic heterocycles. The van der Waals surface area contributed by atoms with E-state index in [-0.39, 0.29) is 29.8 Å². The molecule has 3 heterocycles. The Morgan fingerprint density at radius 3 is 2.92 bits per heavy atom. The molecule has 2 atom stereocenters. The minimum Gasteiger partial charge on any atom is -0.380 e. The van der Waals surface area contributed by atoms with Gasteiger partial charge in [-0.1, -0.05) is 24.3 Å². The molecule has 192 valence electrons. The maximum atomic E-state index is 14.0. The summed E-state index contributed by atoms with van der Waals surface area (Å²) in [5, 5.41) is 3.77. The molecule has 1 saturated heterocycles. The average Bonchev–Trinajstić information content (AvgIpc) is 3.32. The number of thiazole rings is 1. The van der Waals surface area contributed by atoms with Crippen molar-refractivity contribution >= 4 is 28.7 Å². The molecule has 0 saturated carbocycles. The number of rotatable bonds is 6. The predicted octanol–water partition coefficient (Wildman–Crippen LogP) is 4.42. The Labute approximate surface area is 219 Å². The molecule has 1 aromatic carbocycles. The molecule has 1 N–H and O–H groups in total. The Morgan fingerprint density at radius 2 is 2.11 bits per heavy atom. The molecule has 7 nitrogen and oxygen atoms in total. The van der Waals surface area contributed by atoms with Gasteiger partial charge < -0.3 is 15.0 Å². The van der Waals surface area contributed by atoms with E-state index in [0.717, 1.165) is 35.5 Å². The summed E-state index contributed by atoms with van der Waals surface area (Å²) < 4.78 is 19.5. The molecule has 0 radical (unpaired) electrons. The first-order chi connectivity index (χ1) is 17.9. The van der Waals surface area contributed by atoms with Crippen LogP contribution in [0.5, 0.6) is 0 Å². The standard InChI is InChI=1S/C28H29FN4O3S/c1-17-32-25(26(37-17)19-7-3-9-20(29)14-19)28(35)33-16-22(36-2)12-11-21(33)15-31-27(34)23-10-4-6-18-8-5-13-30-24(18)23/h3,5,7-10,13-14,21-22H,4,6,11-12,15-16H2,1-2H3,(H,31,34). The zero-order valence-corrected chi connectivity index (χ0v) is 21.7. The van der Waals surface area contributed by atoms with Crippen LogP contribution in [0.15, 0.2) is 48.7 Å². The highest BCUT2D eigenvalue weighted by Gasteiger charge is 2.35. The van der Waals surface area contributed by atoms with Gasteiger partial charge in [-0.15, -0.1) is 11.3 Å². The van der Waals surface area contributed by atoms with Crippen LogP contribution >= 0.6 is 11.3 Å². The van der Waals surface area contributed by atoms with Crippen LogP contribution < -0.4 is 5.32 Å². The van der Waals surface area contributed by atoms with E-state index in [1.54, 1.807) is 30.3 Å². The SMILES string of the molecule is COC1CCC(CNC(=O)C2=CCCc3cccnc32)N(C(=O)c2nc(C)sc2-c2cccc(F)c2)C1. The lowest BCUT2D eigenvalue weighted by Crippen LogP contribution is -2.53. The van der Waals surface area contributed by atoms with E-state index < -0.39 is 0 Å². The number of allylic oxidation sites excluding steroid dienone is 1. The van der Waals surface area contributed by atoms with Gasteiger partial charge in [-0.3, -0.25) is 14.6 Å². The lowest BCUT2D eigenvalue weighted by molar-refractivity contribution is -0.116. The van der Waals surface area contributed by atoms with E-state index in [2.05, 4.69) is 15.3 Å². The van der Waals surface area contributed by atoms with Gasteiger partial charge in [0.05, 0.1) is 27.3 Å². The van der Waals surface area contributed by atoms with Crippen LogP contribution in [0.3, 0.4) is 0 Å². The average molecular weight is 521 g/mol. The molecule has 37 heavy (non-hydrogen) atoms. The van der Waals surface area contributed by atoms with Crippen molar-refractivity contribution < 1.29 is 18.7 Å². The van der Waals surface area contributed by atoms with Gasteiger partial charge in [-0.05, 0) is 61.9 Å².